The number of halogens is 1. The SMILES string of the molecule is C=C/C(Cl)=C\CCC. The molecule has 0 aromatic rings. The molecule has 0 rings (SSSR count). The van der Waals surface area contributed by atoms with Gasteiger partial charge in [0.1, 0.15) is 0 Å². The highest BCUT2D eigenvalue weighted by atomic mass is 35.5. The first-order valence-corrected chi connectivity index (χ1v) is 3.17. The first-order valence-electron chi connectivity index (χ1n) is 2.79. The van der Waals surface area contributed by atoms with Crippen LogP contribution in [0.5, 0.6) is 0 Å². The zero-order valence-corrected chi connectivity index (χ0v) is 5.91. The fourth-order valence-electron chi connectivity index (χ4n) is 0.366. The third-order valence-corrected chi connectivity index (χ3v) is 1.13. The summed E-state index contributed by atoms with van der Waals surface area (Å²) in [6.45, 7) is 5.63. The van der Waals surface area contributed by atoms with Gasteiger partial charge in [-0.2, -0.15) is 0 Å². The van der Waals surface area contributed by atoms with Gasteiger partial charge in [0, 0.05) is 5.03 Å². The summed E-state index contributed by atoms with van der Waals surface area (Å²) >= 11 is 5.59. The Morgan fingerprint density at radius 1 is 1.75 bits per heavy atom. The smallest absolute Gasteiger partial charge is 0.0360 e. The van der Waals surface area contributed by atoms with Crippen molar-refractivity contribution in [3.63, 3.8) is 0 Å². The molecule has 0 aromatic carbocycles. The molecule has 46 valence electrons. The van der Waals surface area contributed by atoms with Crippen molar-refractivity contribution in [1.82, 2.24) is 0 Å². The summed E-state index contributed by atoms with van der Waals surface area (Å²) in [5.74, 6) is 0. The topological polar surface area (TPSA) is 0 Å². The average Bonchev–Trinajstić information content (AvgIpc) is 1.83. The van der Waals surface area contributed by atoms with Gasteiger partial charge in [-0.3, -0.25) is 0 Å². The van der Waals surface area contributed by atoms with Crippen molar-refractivity contribution in [2.24, 2.45) is 0 Å². The molecule has 1 heteroatoms. The van der Waals surface area contributed by atoms with E-state index in [-0.39, 0.29) is 0 Å². The van der Waals surface area contributed by atoms with E-state index < -0.39 is 0 Å². The lowest BCUT2D eigenvalue weighted by Crippen LogP contribution is -1.63. The van der Waals surface area contributed by atoms with E-state index in [1.807, 2.05) is 6.08 Å². The minimum absolute atomic E-state index is 0.756. The van der Waals surface area contributed by atoms with Gasteiger partial charge in [0.05, 0.1) is 0 Å². The van der Waals surface area contributed by atoms with Gasteiger partial charge in [0.25, 0.3) is 0 Å². The lowest BCUT2D eigenvalue weighted by Gasteiger charge is -1.84. The van der Waals surface area contributed by atoms with Gasteiger partial charge < -0.3 is 0 Å². The predicted octanol–water partition coefficient (Wildman–Crippen LogP) is 3.10. The van der Waals surface area contributed by atoms with Gasteiger partial charge in [0.2, 0.25) is 0 Å². The number of hydrogen-bond acceptors (Lipinski definition) is 0. The predicted molar refractivity (Wildman–Crippen MR) is 39.0 cm³/mol. The van der Waals surface area contributed by atoms with Crippen LogP contribution < -0.4 is 0 Å². The number of rotatable bonds is 3. The summed E-state index contributed by atoms with van der Waals surface area (Å²) in [4.78, 5) is 0. The van der Waals surface area contributed by atoms with E-state index in [0.717, 1.165) is 17.9 Å². The quantitative estimate of drug-likeness (QED) is 0.515. The number of hydrogen-bond donors (Lipinski definition) is 0. The number of unbranched alkanes of at least 4 members (excludes halogenated alkanes) is 1. The molecule has 0 unspecified atom stereocenters. The molecule has 0 aliphatic carbocycles. The Bertz CT molecular complexity index is 92.6. The van der Waals surface area contributed by atoms with Crippen LogP contribution in [0.2, 0.25) is 0 Å². The van der Waals surface area contributed by atoms with Crippen LogP contribution in [0.25, 0.3) is 0 Å². The van der Waals surface area contributed by atoms with Gasteiger partial charge in [0.15, 0.2) is 0 Å². The maximum Gasteiger partial charge on any atom is 0.0360 e. The Balaban J connectivity index is 3.40. The molecule has 0 bridgehead atoms. The molecule has 0 aliphatic rings. The van der Waals surface area contributed by atoms with Crippen LogP contribution in [-0.2, 0) is 0 Å². The minimum atomic E-state index is 0.756. The van der Waals surface area contributed by atoms with E-state index >= 15 is 0 Å². The molecular formula is C7H11Cl. The second kappa shape index (κ2) is 4.92. The molecule has 0 aliphatic heterocycles. The van der Waals surface area contributed by atoms with E-state index in [9.17, 15) is 0 Å². The molecule has 0 atom stereocenters. The zero-order valence-electron chi connectivity index (χ0n) is 5.15. The first kappa shape index (κ1) is 7.77. The van der Waals surface area contributed by atoms with Crippen LogP contribution in [0.1, 0.15) is 19.8 Å². The monoisotopic (exact) mass is 130 g/mol. The van der Waals surface area contributed by atoms with E-state index in [4.69, 9.17) is 11.6 Å². The highest BCUT2D eigenvalue weighted by Crippen LogP contribution is 2.03. The van der Waals surface area contributed by atoms with E-state index in [1.165, 1.54) is 0 Å². The van der Waals surface area contributed by atoms with Crippen LogP contribution >= 0.6 is 11.6 Å². The molecule has 0 fully saturated rings. The molecule has 0 amide bonds. The summed E-state index contributed by atoms with van der Waals surface area (Å²) < 4.78 is 0. The highest BCUT2D eigenvalue weighted by Gasteiger charge is 1.78. The molecule has 0 N–H and O–H groups in total. The normalized spacial score (nSPS) is 11.5. The Morgan fingerprint density at radius 2 is 2.38 bits per heavy atom. The van der Waals surface area contributed by atoms with Crippen LogP contribution in [0.15, 0.2) is 23.8 Å². The third-order valence-electron chi connectivity index (χ3n) is 0.823. The fourth-order valence-corrected chi connectivity index (χ4v) is 0.475. The molecule has 0 radical (unpaired) electrons. The number of allylic oxidation sites excluding steroid dienone is 3. The van der Waals surface area contributed by atoms with Gasteiger partial charge in [-0.1, -0.05) is 43.7 Å². The summed E-state index contributed by atoms with van der Waals surface area (Å²) in [6.07, 6.45) is 5.81. The molecule has 0 spiro atoms. The zero-order chi connectivity index (χ0) is 6.41. The summed E-state index contributed by atoms with van der Waals surface area (Å²) in [6, 6.07) is 0. The van der Waals surface area contributed by atoms with E-state index in [2.05, 4.69) is 13.5 Å². The first-order chi connectivity index (χ1) is 3.81. The average molecular weight is 131 g/mol. The molecular weight excluding hydrogens is 120 g/mol. The summed E-state index contributed by atoms with van der Waals surface area (Å²) in [7, 11) is 0. The van der Waals surface area contributed by atoms with Crippen molar-refractivity contribution in [3.05, 3.63) is 23.8 Å². The lowest BCUT2D eigenvalue weighted by atomic mass is 10.3. The van der Waals surface area contributed by atoms with Crippen LogP contribution in [0.3, 0.4) is 0 Å². The molecule has 8 heavy (non-hydrogen) atoms. The fraction of sp³-hybridized carbons (Fsp3) is 0.429. The Kier molecular flexibility index (Phi) is 4.78. The van der Waals surface area contributed by atoms with E-state index in [0.29, 0.717) is 0 Å². The van der Waals surface area contributed by atoms with Crippen molar-refractivity contribution in [1.29, 1.82) is 0 Å². The van der Waals surface area contributed by atoms with Crippen LogP contribution in [0.4, 0.5) is 0 Å². The highest BCUT2D eigenvalue weighted by molar-refractivity contribution is 6.31. The standard InChI is InChI=1S/C7H11Cl/c1-3-5-6-7(8)4-2/h4,6H,2-3,5H2,1H3/b7-6+. The van der Waals surface area contributed by atoms with Crippen molar-refractivity contribution >= 4 is 11.6 Å². The van der Waals surface area contributed by atoms with Crippen molar-refractivity contribution in [2.45, 2.75) is 19.8 Å². The van der Waals surface area contributed by atoms with Crippen molar-refractivity contribution < 1.29 is 0 Å². The van der Waals surface area contributed by atoms with Gasteiger partial charge in [-0.15, -0.1) is 0 Å². The van der Waals surface area contributed by atoms with Gasteiger partial charge >= 0.3 is 0 Å². The molecule has 0 nitrogen and oxygen atoms in total. The molecule has 0 heterocycles. The maximum absolute atomic E-state index is 5.59. The maximum atomic E-state index is 5.59. The second-order valence-electron chi connectivity index (χ2n) is 1.58. The summed E-state index contributed by atoms with van der Waals surface area (Å²) in [5.41, 5.74) is 0. The molecule has 0 aromatic heterocycles. The Labute approximate surface area is 55.9 Å². The Morgan fingerprint density at radius 3 is 2.75 bits per heavy atom. The van der Waals surface area contributed by atoms with E-state index in [1.54, 1.807) is 6.08 Å². The largest absolute Gasteiger partial charge is 0.0976 e. The second-order valence-corrected chi connectivity index (χ2v) is 2.02. The van der Waals surface area contributed by atoms with Crippen molar-refractivity contribution in [3.8, 4) is 0 Å². The Hall–Kier alpha value is -0.230. The van der Waals surface area contributed by atoms with Gasteiger partial charge in [-0.25, -0.2) is 0 Å². The lowest BCUT2D eigenvalue weighted by molar-refractivity contribution is 0.957. The van der Waals surface area contributed by atoms with Crippen LogP contribution in [-0.4, -0.2) is 0 Å². The van der Waals surface area contributed by atoms with Gasteiger partial charge in [-0.05, 0) is 6.42 Å². The molecule has 0 saturated carbocycles. The summed E-state index contributed by atoms with van der Waals surface area (Å²) in [5, 5.41) is 0.756. The third kappa shape index (κ3) is 3.94. The molecule has 0 saturated heterocycles. The minimum Gasteiger partial charge on any atom is -0.0976 e. The van der Waals surface area contributed by atoms with Crippen LogP contribution in [0, 0.1) is 0 Å². The van der Waals surface area contributed by atoms with Crippen molar-refractivity contribution in [2.75, 3.05) is 0 Å².